The summed E-state index contributed by atoms with van der Waals surface area (Å²) in [5.41, 5.74) is 1.08. The van der Waals surface area contributed by atoms with Crippen molar-refractivity contribution in [2.75, 3.05) is 19.8 Å². The molecule has 1 fully saturated rings. The number of rotatable bonds is 8. The van der Waals surface area contributed by atoms with Gasteiger partial charge in [-0.3, -0.25) is 4.79 Å². The molecule has 0 radical (unpaired) electrons. The lowest BCUT2D eigenvalue weighted by molar-refractivity contribution is -0.124. The quantitative estimate of drug-likeness (QED) is 0.686. The molecule has 7 heteroatoms. The number of nitrogens with one attached hydrogen (secondary N) is 1. The van der Waals surface area contributed by atoms with Gasteiger partial charge < -0.3 is 19.5 Å². The Bertz CT molecular complexity index is 816. The van der Waals surface area contributed by atoms with Crippen LogP contribution in [0.3, 0.4) is 0 Å². The Morgan fingerprint density at radius 3 is 2.55 bits per heavy atom. The van der Waals surface area contributed by atoms with Crippen LogP contribution in [0.2, 0.25) is 0 Å². The van der Waals surface area contributed by atoms with Gasteiger partial charge in [0.1, 0.15) is 18.2 Å². The average molecular weight is 401 g/mol. The summed E-state index contributed by atoms with van der Waals surface area (Å²) in [4.78, 5) is 24.1. The van der Waals surface area contributed by atoms with Crippen LogP contribution in [0.5, 0.6) is 5.75 Å². The molecular weight excluding hydrogens is 377 g/mol. The molecule has 1 aliphatic heterocycles. The summed E-state index contributed by atoms with van der Waals surface area (Å²) in [6, 6.07) is 12.0. The van der Waals surface area contributed by atoms with Gasteiger partial charge in [-0.2, -0.15) is 0 Å². The van der Waals surface area contributed by atoms with Crippen molar-refractivity contribution in [3.63, 3.8) is 0 Å². The molecule has 0 unspecified atom stereocenters. The molecule has 0 bridgehead atoms. The van der Waals surface area contributed by atoms with Gasteiger partial charge in [0, 0.05) is 6.61 Å². The zero-order valence-corrected chi connectivity index (χ0v) is 16.2. The van der Waals surface area contributed by atoms with Gasteiger partial charge in [0.25, 0.3) is 5.91 Å². The van der Waals surface area contributed by atoms with E-state index in [-0.39, 0.29) is 18.0 Å². The van der Waals surface area contributed by atoms with E-state index in [4.69, 9.17) is 14.2 Å². The number of esters is 1. The van der Waals surface area contributed by atoms with Gasteiger partial charge in [0.15, 0.2) is 6.61 Å². The minimum Gasteiger partial charge on any atom is -0.491 e. The second-order valence-electron chi connectivity index (χ2n) is 6.89. The van der Waals surface area contributed by atoms with Gasteiger partial charge >= 0.3 is 5.97 Å². The van der Waals surface area contributed by atoms with Crippen LogP contribution < -0.4 is 10.1 Å². The Morgan fingerprint density at radius 1 is 1.17 bits per heavy atom. The molecule has 154 valence electrons. The van der Waals surface area contributed by atoms with Crippen LogP contribution in [0.15, 0.2) is 48.5 Å². The third kappa shape index (κ3) is 6.29. The van der Waals surface area contributed by atoms with Crippen LogP contribution in [0.4, 0.5) is 4.39 Å². The Kier molecular flexibility index (Phi) is 7.19. The monoisotopic (exact) mass is 401 g/mol. The van der Waals surface area contributed by atoms with Crippen LogP contribution in [0.25, 0.3) is 0 Å². The maximum absolute atomic E-state index is 13.0. The highest BCUT2D eigenvalue weighted by atomic mass is 19.1. The summed E-state index contributed by atoms with van der Waals surface area (Å²) in [6.45, 7) is 2.62. The van der Waals surface area contributed by atoms with E-state index in [1.165, 1.54) is 12.1 Å². The summed E-state index contributed by atoms with van der Waals surface area (Å²) in [5, 5.41) is 2.70. The van der Waals surface area contributed by atoms with Crippen LogP contribution in [-0.4, -0.2) is 37.8 Å². The molecule has 1 saturated heterocycles. The maximum Gasteiger partial charge on any atom is 0.338 e. The van der Waals surface area contributed by atoms with Crippen LogP contribution in [0.1, 0.15) is 41.7 Å². The van der Waals surface area contributed by atoms with Crippen LogP contribution in [-0.2, 0) is 14.3 Å². The van der Waals surface area contributed by atoms with Crippen LogP contribution >= 0.6 is 0 Å². The van der Waals surface area contributed by atoms with Gasteiger partial charge in [-0.05, 0) is 61.7 Å². The number of benzene rings is 2. The molecule has 1 aliphatic rings. The van der Waals surface area contributed by atoms with E-state index in [0.29, 0.717) is 17.9 Å². The molecule has 0 spiro atoms. The molecule has 2 atom stereocenters. The molecule has 2 aromatic rings. The minimum absolute atomic E-state index is 0.121. The van der Waals surface area contributed by atoms with E-state index in [1.807, 2.05) is 0 Å². The van der Waals surface area contributed by atoms with E-state index in [9.17, 15) is 14.0 Å². The number of ether oxygens (including phenoxy) is 3. The first kappa shape index (κ1) is 20.8. The third-order valence-electron chi connectivity index (χ3n) is 4.63. The fraction of sp³-hybridized carbons (Fsp3) is 0.364. The lowest BCUT2D eigenvalue weighted by Crippen LogP contribution is -2.31. The van der Waals surface area contributed by atoms with E-state index in [1.54, 1.807) is 43.3 Å². The lowest BCUT2D eigenvalue weighted by atomic mass is 10.1. The number of hydrogen-bond acceptors (Lipinski definition) is 5. The molecule has 3 rings (SSSR count). The van der Waals surface area contributed by atoms with Crippen molar-refractivity contribution >= 4 is 11.9 Å². The van der Waals surface area contributed by atoms with Gasteiger partial charge in [0.05, 0.1) is 17.7 Å². The number of halogens is 1. The van der Waals surface area contributed by atoms with E-state index in [2.05, 4.69) is 5.32 Å². The van der Waals surface area contributed by atoms with Crippen molar-refractivity contribution < 1.29 is 28.2 Å². The SMILES string of the molecule is C[C@H](NC(=O)COC(=O)c1ccc(OC[C@@H]2CCCO2)cc1)c1ccc(F)cc1. The molecule has 6 nitrogen and oxygen atoms in total. The fourth-order valence-corrected chi connectivity index (χ4v) is 2.98. The van der Waals surface area contributed by atoms with Crippen molar-refractivity contribution in [3.05, 3.63) is 65.5 Å². The summed E-state index contributed by atoms with van der Waals surface area (Å²) in [5.74, 6) is -0.737. The van der Waals surface area contributed by atoms with Crippen molar-refractivity contribution in [2.24, 2.45) is 0 Å². The standard InChI is InChI=1S/C22H24FNO5/c1-15(16-4-8-18(23)9-5-16)24-21(25)14-29-22(26)17-6-10-19(11-7-17)28-13-20-3-2-12-27-20/h4-11,15,20H,2-3,12-14H2,1H3,(H,24,25)/t15-,20-/m0/s1. The number of amides is 1. The van der Waals surface area contributed by atoms with Crippen molar-refractivity contribution in [3.8, 4) is 5.75 Å². The smallest absolute Gasteiger partial charge is 0.338 e. The second-order valence-corrected chi connectivity index (χ2v) is 6.89. The largest absolute Gasteiger partial charge is 0.491 e. The summed E-state index contributed by atoms with van der Waals surface area (Å²) in [6.07, 6.45) is 2.16. The molecule has 2 aromatic carbocycles. The molecule has 29 heavy (non-hydrogen) atoms. The first-order valence-electron chi connectivity index (χ1n) is 9.57. The second kappa shape index (κ2) is 10.0. The summed E-state index contributed by atoms with van der Waals surface area (Å²) < 4.78 is 29.2. The summed E-state index contributed by atoms with van der Waals surface area (Å²) >= 11 is 0. The molecule has 0 saturated carbocycles. The van der Waals surface area contributed by atoms with Gasteiger partial charge in [0.2, 0.25) is 0 Å². The van der Waals surface area contributed by atoms with Gasteiger partial charge in [-0.15, -0.1) is 0 Å². The molecular formula is C22H24FNO5. The zero-order chi connectivity index (χ0) is 20.6. The lowest BCUT2D eigenvalue weighted by Gasteiger charge is -2.14. The topological polar surface area (TPSA) is 73.9 Å². The highest BCUT2D eigenvalue weighted by Gasteiger charge is 2.16. The van der Waals surface area contributed by atoms with Crippen molar-refractivity contribution in [1.82, 2.24) is 5.32 Å². The fourth-order valence-electron chi connectivity index (χ4n) is 2.98. The maximum atomic E-state index is 13.0. The first-order chi connectivity index (χ1) is 14.0. The molecule has 0 aromatic heterocycles. The molecule has 0 aliphatic carbocycles. The Balaban J connectivity index is 1.42. The van der Waals surface area contributed by atoms with Gasteiger partial charge in [-0.25, -0.2) is 9.18 Å². The first-order valence-corrected chi connectivity index (χ1v) is 9.57. The molecule has 1 amide bonds. The summed E-state index contributed by atoms with van der Waals surface area (Å²) in [7, 11) is 0. The van der Waals surface area contributed by atoms with E-state index < -0.39 is 18.5 Å². The van der Waals surface area contributed by atoms with Crippen molar-refractivity contribution in [2.45, 2.75) is 31.9 Å². The number of carbonyl (C=O) groups is 2. The Labute approximate surface area is 169 Å². The Hall–Kier alpha value is -2.93. The number of hydrogen-bond donors (Lipinski definition) is 1. The normalized spacial score (nSPS) is 16.8. The minimum atomic E-state index is -0.597. The number of carbonyl (C=O) groups excluding carboxylic acids is 2. The average Bonchev–Trinajstić information content (AvgIpc) is 3.25. The zero-order valence-electron chi connectivity index (χ0n) is 16.2. The molecule has 1 N–H and O–H groups in total. The highest BCUT2D eigenvalue weighted by Crippen LogP contribution is 2.17. The van der Waals surface area contributed by atoms with Crippen LogP contribution in [0, 0.1) is 5.82 Å². The predicted octanol–water partition coefficient (Wildman–Crippen LogP) is 3.42. The van der Waals surface area contributed by atoms with Crippen molar-refractivity contribution in [1.29, 1.82) is 0 Å². The highest BCUT2D eigenvalue weighted by molar-refractivity contribution is 5.91. The molecule has 1 heterocycles. The Morgan fingerprint density at radius 2 is 1.90 bits per heavy atom. The van der Waals surface area contributed by atoms with Gasteiger partial charge in [-0.1, -0.05) is 12.1 Å². The van der Waals surface area contributed by atoms with E-state index in [0.717, 1.165) is 25.0 Å². The predicted molar refractivity (Wildman–Crippen MR) is 104 cm³/mol. The third-order valence-corrected chi connectivity index (χ3v) is 4.63. The van der Waals surface area contributed by atoms with E-state index >= 15 is 0 Å².